The lowest BCUT2D eigenvalue weighted by atomic mass is 10.0. The van der Waals surface area contributed by atoms with Crippen molar-refractivity contribution in [3.63, 3.8) is 0 Å². The van der Waals surface area contributed by atoms with Crippen LogP contribution in [0.5, 0.6) is 5.75 Å². The van der Waals surface area contributed by atoms with Crippen molar-refractivity contribution < 1.29 is 19.7 Å². The van der Waals surface area contributed by atoms with E-state index in [1.165, 1.54) is 0 Å². The first-order chi connectivity index (χ1) is 17.6. The number of aliphatic hydroxyl groups excluding tert-OH is 1. The molecule has 194 valence electrons. The lowest BCUT2D eigenvalue weighted by Crippen LogP contribution is -2.29. The van der Waals surface area contributed by atoms with Crippen LogP contribution in [0.1, 0.15) is 53.6 Å². The Hall–Kier alpha value is -2.90. The number of ether oxygens (including phenoxy) is 1. The fourth-order valence-corrected chi connectivity index (χ4v) is 5.02. The van der Waals surface area contributed by atoms with Crippen molar-refractivity contribution in [1.82, 2.24) is 0 Å². The summed E-state index contributed by atoms with van der Waals surface area (Å²) < 4.78 is 5.81. The van der Waals surface area contributed by atoms with Crippen LogP contribution in [0.15, 0.2) is 72.1 Å². The highest BCUT2D eigenvalue weighted by atomic mass is 35.5. The van der Waals surface area contributed by atoms with E-state index in [1.54, 1.807) is 48.5 Å². The van der Waals surface area contributed by atoms with Gasteiger partial charge in [0, 0.05) is 10.7 Å². The Labute approximate surface area is 230 Å². The largest absolute Gasteiger partial charge is 0.478 e. The van der Waals surface area contributed by atoms with Crippen LogP contribution >= 0.6 is 34.8 Å². The van der Waals surface area contributed by atoms with Crippen molar-refractivity contribution in [2.24, 2.45) is 11.7 Å². The number of allylic oxidation sites excluding steroid dienone is 1. The number of para-hydroxylation sites is 1. The van der Waals surface area contributed by atoms with Gasteiger partial charge in [0.25, 0.3) is 0 Å². The second kappa shape index (κ2) is 11.2. The molecule has 0 spiro atoms. The van der Waals surface area contributed by atoms with Crippen LogP contribution in [0.4, 0.5) is 5.69 Å². The third-order valence-electron chi connectivity index (χ3n) is 6.37. The number of anilines is 1. The molecule has 0 aliphatic heterocycles. The van der Waals surface area contributed by atoms with Crippen molar-refractivity contribution in [2.75, 3.05) is 5.32 Å². The summed E-state index contributed by atoms with van der Waals surface area (Å²) in [6, 6.07) is 17.3. The van der Waals surface area contributed by atoms with Gasteiger partial charge >= 0.3 is 5.97 Å². The van der Waals surface area contributed by atoms with Crippen LogP contribution in [-0.2, 0) is 0 Å². The van der Waals surface area contributed by atoms with E-state index in [9.17, 15) is 15.0 Å². The minimum atomic E-state index is -1.44. The molecule has 4 rings (SSSR count). The fraction of sp³-hybridized carbons (Fsp3) is 0.250. The Kier molecular flexibility index (Phi) is 8.24. The number of aromatic carboxylic acids is 1. The highest BCUT2D eigenvalue weighted by Crippen LogP contribution is 2.56. The van der Waals surface area contributed by atoms with Crippen LogP contribution in [0.2, 0.25) is 15.1 Å². The number of rotatable bonds is 9. The standard InChI is InChI=1S/C28H27Cl3N2O4/c1-14(2)24(32)26(33-25-21(29)7-4-8-22(25)30)28(36)37-17-9-10-18(23(31)12-17)20-13-19(20)15-5-3-6-16(11-15)27(34)35/h3-12,14,19-20,28,33,36H,13,32H2,1-2H3,(H,34,35)/b26-24-. The minimum absolute atomic E-state index is 0.0978. The van der Waals surface area contributed by atoms with E-state index in [2.05, 4.69) is 5.32 Å². The third kappa shape index (κ3) is 6.16. The molecule has 1 fully saturated rings. The molecule has 1 aliphatic rings. The second-order valence-electron chi connectivity index (χ2n) is 9.28. The summed E-state index contributed by atoms with van der Waals surface area (Å²) in [5.41, 5.74) is 9.49. The van der Waals surface area contributed by atoms with Crippen molar-refractivity contribution in [1.29, 1.82) is 0 Å². The maximum Gasteiger partial charge on any atom is 0.335 e. The summed E-state index contributed by atoms with van der Waals surface area (Å²) in [6.45, 7) is 3.78. The van der Waals surface area contributed by atoms with Gasteiger partial charge in [0.2, 0.25) is 6.29 Å². The zero-order valence-corrected chi connectivity index (χ0v) is 22.5. The van der Waals surface area contributed by atoms with Crippen molar-refractivity contribution in [3.05, 3.63) is 104 Å². The zero-order chi connectivity index (χ0) is 26.9. The average Bonchev–Trinajstić information content (AvgIpc) is 3.64. The van der Waals surface area contributed by atoms with Gasteiger partial charge in [-0.25, -0.2) is 4.79 Å². The van der Waals surface area contributed by atoms with Crippen LogP contribution in [0.25, 0.3) is 0 Å². The van der Waals surface area contributed by atoms with Crippen LogP contribution < -0.4 is 15.8 Å². The summed E-state index contributed by atoms with van der Waals surface area (Å²) >= 11 is 19.2. The number of nitrogens with one attached hydrogen (secondary N) is 1. The molecular weight excluding hydrogens is 535 g/mol. The van der Waals surface area contributed by atoms with Gasteiger partial charge in [-0.3, -0.25) is 0 Å². The van der Waals surface area contributed by atoms with Crippen LogP contribution in [0.3, 0.4) is 0 Å². The first kappa shape index (κ1) is 27.1. The molecular formula is C28H27Cl3N2O4. The Bertz CT molecular complexity index is 1340. The van der Waals surface area contributed by atoms with Crippen LogP contribution in [-0.4, -0.2) is 22.5 Å². The van der Waals surface area contributed by atoms with Gasteiger partial charge in [-0.1, -0.05) is 72.9 Å². The molecule has 37 heavy (non-hydrogen) atoms. The van der Waals surface area contributed by atoms with E-state index in [0.717, 1.165) is 17.5 Å². The van der Waals surface area contributed by atoms with Crippen molar-refractivity contribution in [3.8, 4) is 5.75 Å². The number of hydrogen-bond donors (Lipinski definition) is 4. The number of hydrogen-bond acceptors (Lipinski definition) is 5. The Morgan fingerprint density at radius 3 is 2.30 bits per heavy atom. The summed E-state index contributed by atoms with van der Waals surface area (Å²) in [6.07, 6.45) is -0.574. The number of benzene rings is 3. The van der Waals surface area contributed by atoms with E-state index in [0.29, 0.717) is 32.2 Å². The maximum atomic E-state index is 11.3. The van der Waals surface area contributed by atoms with Gasteiger partial charge in [0.1, 0.15) is 11.4 Å². The monoisotopic (exact) mass is 560 g/mol. The number of carboxylic acids is 1. The molecule has 5 N–H and O–H groups in total. The summed E-state index contributed by atoms with van der Waals surface area (Å²) in [5.74, 6) is -0.326. The molecule has 3 aromatic carbocycles. The SMILES string of the molecule is CC(C)/C(N)=C(/Nc1c(Cl)cccc1Cl)C(O)Oc1ccc(C2CC2c2cccc(C(=O)O)c2)c(Cl)c1. The second-order valence-corrected chi connectivity index (χ2v) is 10.5. The van der Waals surface area contributed by atoms with E-state index in [1.807, 2.05) is 26.0 Å². The Morgan fingerprint density at radius 2 is 1.68 bits per heavy atom. The molecule has 0 amide bonds. The summed E-state index contributed by atoms with van der Waals surface area (Å²) in [4.78, 5) is 11.3. The number of aliphatic hydroxyl groups is 1. The topological polar surface area (TPSA) is 105 Å². The molecule has 0 saturated heterocycles. The van der Waals surface area contributed by atoms with Gasteiger partial charge in [0.05, 0.1) is 21.3 Å². The molecule has 9 heteroatoms. The van der Waals surface area contributed by atoms with E-state index < -0.39 is 12.3 Å². The molecule has 6 nitrogen and oxygen atoms in total. The average molecular weight is 562 g/mol. The lowest BCUT2D eigenvalue weighted by molar-refractivity contribution is 0.0143. The predicted molar refractivity (Wildman–Crippen MR) is 148 cm³/mol. The number of halogens is 3. The minimum Gasteiger partial charge on any atom is -0.478 e. The number of nitrogens with two attached hydrogens (primary N) is 1. The molecule has 3 unspecified atom stereocenters. The summed E-state index contributed by atoms with van der Waals surface area (Å²) in [5, 5.41) is 24.5. The molecule has 0 heterocycles. The molecule has 1 aliphatic carbocycles. The van der Waals surface area contributed by atoms with Gasteiger partial charge in [-0.15, -0.1) is 0 Å². The Balaban J connectivity index is 1.52. The number of carbonyl (C=O) groups is 1. The fourth-order valence-electron chi connectivity index (χ4n) is 4.22. The maximum absolute atomic E-state index is 11.3. The quantitative estimate of drug-likeness (QED) is 0.205. The molecule has 0 radical (unpaired) electrons. The van der Waals surface area contributed by atoms with E-state index in [4.69, 9.17) is 45.3 Å². The molecule has 3 aromatic rings. The highest BCUT2D eigenvalue weighted by molar-refractivity contribution is 6.39. The molecule has 3 atom stereocenters. The normalized spacial score (nSPS) is 18.2. The first-order valence-corrected chi connectivity index (χ1v) is 12.9. The molecule has 0 aromatic heterocycles. The first-order valence-electron chi connectivity index (χ1n) is 11.7. The zero-order valence-electron chi connectivity index (χ0n) is 20.2. The van der Waals surface area contributed by atoms with Gasteiger partial charge in [-0.05, 0) is 71.7 Å². The van der Waals surface area contributed by atoms with Crippen molar-refractivity contribution in [2.45, 2.75) is 38.4 Å². The van der Waals surface area contributed by atoms with Crippen molar-refractivity contribution >= 4 is 46.5 Å². The Morgan fingerprint density at radius 1 is 1.00 bits per heavy atom. The highest BCUT2D eigenvalue weighted by Gasteiger charge is 2.40. The van der Waals surface area contributed by atoms with Crippen LogP contribution in [0, 0.1) is 5.92 Å². The molecule has 1 saturated carbocycles. The number of carboxylic acid groups (broad SMARTS) is 1. The van der Waals surface area contributed by atoms with Gasteiger partial charge in [-0.2, -0.15) is 0 Å². The third-order valence-corrected chi connectivity index (χ3v) is 7.33. The predicted octanol–water partition coefficient (Wildman–Crippen LogP) is 7.25. The van der Waals surface area contributed by atoms with E-state index >= 15 is 0 Å². The van der Waals surface area contributed by atoms with Gasteiger partial charge < -0.3 is 26.0 Å². The molecule has 0 bridgehead atoms. The summed E-state index contributed by atoms with van der Waals surface area (Å²) in [7, 11) is 0. The smallest absolute Gasteiger partial charge is 0.335 e. The lowest BCUT2D eigenvalue weighted by Gasteiger charge is -2.23. The van der Waals surface area contributed by atoms with E-state index in [-0.39, 0.29) is 29.0 Å². The van der Waals surface area contributed by atoms with Gasteiger partial charge in [0.15, 0.2) is 0 Å².